The van der Waals surface area contributed by atoms with Crippen LogP contribution in [0.3, 0.4) is 0 Å². The molecular weight excluding hydrogens is 526 g/mol. The smallest absolute Gasteiger partial charge is 0.344 e. The molecular formula is C24H24BrNO7S. The van der Waals surface area contributed by atoms with Crippen LogP contribution in [0.2, 0.25) is 0 Å². The van der Waals surface area contributed by atoms with Crippen LogP contribution >= 0.6 is 27.7 Å². The van der Waals surface area contributed by atoms with E-state index >= 15 is 0 Å². The Hall–Kier alpha value is -2.98. The van der Waals surface area contributed by atoms with Gasteiger partial charge in [0.15, 0.2) is 18.1 Å². The lowest BCUT2D eigenvalue weighted by Gasteiger charge is -2.14. The lowest BCUT2D eigenvalue weighted by atomic mass is 10.2. The zero-order valence-electron chi connectivity index (χ0n) is 19.0. The molecule has 0 radical (unpaired) electrons. The Morgan fingerprint density at radius 1 is 1.15 bits per heavy atom. The second-order valence-electron chi connectivity index (χ2n) is 7.12. The number of thioether (sulfide) groups is 1. The number of aryl methyl sites for hydroxylation is 1. The minimum Gasteiger partial charge on any atom is -0.493 e. The van der Waals surface area contributed by atoms with Gasteiger partial charge in [0.25, 0.3) is 11.1 Å². The number of carbonyl (C=O) groups excluding carboxylic acids is 3. The second kappa shape index (κ2) is 11.9. The van der Waals surface area contributed by atoms with Gasteiger partial charge in [0.2, 0.25) is 0 Å². The summed E-state index contributed by atoms with van der Waals surface area (Å²) in [6.07, 6.45) is 1.61. The molecule has 34 heavy (non-hydrogen) atoms. The summed E-state index contributed by atoms with van der Waals surface area (Å²) in [5.74, 6) is 0.473. The van der Waals surface area contributed by atoms with Crippen molar-refractivity contribution < 1.29 is 33.3 Å². The second-order valence-corrected chi connectivity index (χ2v) is 8.97. The van der Waals surface area contributed by atoms with Crippen LogP contribution in [-0.4, -0.2) is 55.5 Å². The summed E-state index contributed by atoms with van der Waals surface area (Å²) in [4.78, 5) is 38.2. The van der Waals surface area contributed by atoms with E-state index in [0.717, 1.165) is 22.2 Å². The summed E-state index contributed by atoms with van der Waals surface area (Å²) in [7, 11) is 1.46. The van der Waals surface area contributed by atoms with Crippen molar-refractivity contribution >= 4 is 50.9 Å². The molecule has 0 spiro atoms. The molecule has 0 bridgehead atoms. The maximum absolute atomic E-state index is 12.8. The summed E-state index contributed by atoms with van der Waals surface area (Å²) in [6, 6.07) is 10.9. The number of methoxy groups -OCH3 is 1. The Kier molecular flexibility index (Phi) is 9.00. The van der Waals surface area contributed by atoms with E-state index in [2.05, 4.69) is 15.9 Å². The highest BCUT2D eigenvalue weighted by Crippen LogP contribution is 2.39. The van der Waals surface area contributed by atoms with Gasteiger partial charge in [-0.15, -0.1) is 0 Å². The standard InChI is InChI=1S/C24H24BrNO7S/c1-4-31-21(27)14-33-22-18(25)11-16(12-19(22)30-3)13-20-23(28)26(24(29)34-20)9-10-32-17-7-5-15(2)6-8-17/h5-8,11-13H,4,9-10,14H2,1-3H3/b20-13-. The third-order valence-electron chi connectivity index (χ3n) is 4.67. The van der Waals surface area contributed by atoms with E-state index in [4.69, 9.17) is 18.9 Å². The van der Waals surface area contributed by atoms with E-state index in [0.29, 0.717) is 27.3 Å². The first kappa shape index (κ1) is 25.6. The van der Waals surface area contributed by atoms with E-state index < -0.39 is 5.97 Å². The molecule has 1 heterocycles. The van der Waals surface area contributed by atoms with Crippen molar-refractivity contribution in [2.24, 2.45) is 0 Å². The van der Waals surface area contributed by atoms with Crippen molar-refractivity contribution in [3.8, 4) is 17.2 Å². The van der Waals surface area contributed by atoms with Crippen molar-refractivity contribution in [3.63, 3.8) is 0 Å². The van der Waals surface area contributed by atoms with Crippen molar-refractivity contribution in [1.29, 1.82) is 0 Å². The number of imide groups is 1. The monoisotopic (exact) mass is 549 g/mol. The summed E-state index contributed by atoms with van der Waals surface area (Å²) >= 11 is 4.27. The van der Waals surface area contributed by atoms with Gasteiger partial charge in [-0.05, 0) is 77.4 Å². The summed E-state index contributed by atoms with van der Waals surface area (Å²) in [6.45, 7) is 4.01. The average molecular weight is 550 g/mol. The van der Waals surface area contributed by atoms with Crippen LogP contribution in [0.25, 0.3) is 6.08 Å². The van der Waals surface area contributed by atoms with Gasteiger partial charge in [0.05, 0.1) is 29.6 Å². The highest BCUT2D eigenvalue weighted by atomic mass is 79.9. The number of benzene rings is 2. The van der Waals surface area contributed by atoms with Crippen LogP contribution in [0.4, 0.5) is 4.79 Å². The molecule has 0 unspecified atom stereocenters. The lowest BCUT2D eigenvalue weighted by Crippen LogP contribution is -2.32. The fraction of sp³-hybridized carbons (Fsp3) is 0.292. The number of nitrogens with zero attached hydrogens (tertiary/aromatic N) is 1. The molecule has 1 aliphatic heterocycles. The molecule has 1 saturated heterocycles. The van der Waals surface area contributed by atoms with Crippen molar-refractivity contribution in [2.75, 3.05) is 33.5 Å². The number of carbonyl (C=O) groups is 3. The van der Waals surface area contributed by atoms with E-state index in [1.54, 1.807) is 25.1 Å². The zero-order chi connectivity index (χ0) is 24.7. The third kappa shape index (κ3) is 6.54. The van der Waals surface area contributed by atoms with E-state index in [9.17, 15) is 14.4 Å². The van der Waals surface area contributed by atoms with Crippen LogP contribution in [0.15, 0.2) is 45.8 Å². The number of hydrogen-bond donors (Lipinski definition) is 0. The maximum Gasteiger partial charge on any atom is 0.344 e. The normalized spacial score (nSPS) is 14.5. The Bertz CT molecular complexity index is 1100. The predicted octanol–water partition coefficient (Wildman–Crippen LogP) is 4.82. The summed E-state index contributed by atoms with van der Waals surface area (Å²) in [5.41, 5.74) is 1.74. The molecule has 8 nitrogen and oxygen atoms in total. The molecule has 0 aliphatic carbocycles. The fourth-order valence-corrected chi connectivity index (χ4v) is 4.47. The molecule has 1 aliphatic rings. The van der Waals surface area contributed by atoms with Crippen LogP contribution < -0.4 is 14.2 Å². The number of halogens is 1. The van der Waals surface area contributed by atoms with Crippen molar-refractivity contribution in [2.45, 2.75) is 13.8 Å². The van der Waals surface area contributed by atoms with E-state index in [1.165, 1.54) is 7.11 Å². The first-order chi connectivity index (χ1) is 16.3. The molecule has 2 amide bonds. The van der Waals surface area contributed by atoms with Crippen LogP contribution in [0.5, 0.6) is 17.2 Å². The number of esters is 1. The number of rotatable bonds is 10. The van der Waals surface area contributed by atoms with Gasteiger partial charge in [-0.3, -0.25) is 14.5 Å². The molecule has 180 valence electrons. The number of ether oxygens (including phenoxy) is 4. The topological polar surface area (TPSA) is 91.4 Å². The Labute approximate surface area is 210 Å². The van der Waals surface area contributed by atoms with Crippen molar-refractivity contribution in [1.82, 2.24) is 4.90 Å². The summed E-state index contributed by atoms with van der Waals surface area (Å²) in [5, 5.41) is -0.357. The lowest BCUT2D eigenvalue weighted by molar-refractivity contribution is -0.145. The Morgan fingerprint density at radius 2 is 1.88 bits per heavy atom. The SMILES string of the molecule is CCOC(=O)COc1c(Br)cc(/C=C2\SC(=O)N(CCOc3ccc(C)cc3)C2=O)cc1OC. The van der Waals surface area contributed by atoms with Gasteiger partial charge in [-0.1, -0.05) is 17.7 Å². The van der Waals surface area contributed by atoms with E-state index in [1.807, 2.05) is 31.2 Å². The first-order valence-corrected chi connectivity index (χ1v) is 12.0. The highest BCUT2D eigenvalue weighted by molar-refractivity contribution is 9.10. The molecule has 2 aromatic rings. The molecule has 0 atom stereocenters. The van der Waals surface area contributed by atoms with Gasteiger partial charge < -0.3 is 18.9 Å². The third-order valence-corrected chi connectivity index (χ3v) is 6.16. The van der Waals surface area contributed by atoms with Crippen LogP contribution in [0.1, 0.15) is 18.1 Å². The maximum atomic E-state index is 12.8. The highest BCUT2D eigenvalue weighted by Gasteiger charge is 2.35. The first-order valence-electron chi connectivity index (χ1n) is 10.4. The molecule has 0 saturated carbocycles. The molecule has 0 aromatic heterocycles. The van der Waals surface area contributed by atoms with Gasteiger partial charge in [0, 0.05) is 0 Å². The molecule has 0 N–H and O–H groups in total. The Balaban J connectivity index is 1.68. The van der Waals surface area contributed by atoms with Crippen LogP contribution in [0, 0.1) is 6.92 Å². The van der Waals surface area contributed by atoms with Crippen LogP contribution in [-0.2, 0) is 14.3 Å². The predicted molar refractivity (Wildman–Crippen MR) is 132 cm³/mol. The summed E-state index contributed by atoms with van der Waals surface area (Å²) < 4.78 is 21.9. The van der Waals surface area contributed by atoms with Gasteiger partial charge in [0.1, 0.15) is 12.4 Å². The molecule has 3 rings (SSSR count). The van der Waals surface area contributed by atoms with Gasteiger partial charge in [-0.2, -0.15) is 0 Å². The minimum atomic E-state index is -0.499. The number of amides is 2. The van der Waals surface area contributed by atoms with E-state index in [-0.39, 0.29) is 42.4 Å². The largest absolute Gasteiger partial charge is 0.493 e. The quantitative estimate of drug-likeness (QED) is 0.307. The Morgan fingerprint density at radius 3 is 2.56 bits per heavy atom. The van der Waals surface area contributed by atoms with Crippen molar-refractivity contribution in [3.05, 3.63) is 56.9 Å². The zero-order valence-corrected chi connectivity index (χ0v) is 21.4. The van der Waals surface area contributed by atoms with Gasteiger partial charge in [-0.25, -0.2) is 4.79 Å². The minimum absolute atomic E-state index is 0.142. The molecule has 2 aromatic carbocycles. The molecule has 1 fully saturated rings. The van der Waals surface area contributed by atoms with Gasteiger partial charge >= 0.3 is 5.97 Å². The number of hydrogen-bond acceptors (Lipinski definition) is 8. The average Bonchev–Trinajstić information content (AvgIpc) is 3.06. The fourth-order valence-electron chi connectivity index (χ4n) is 3.03. The molecule has 10 heteroatoms.